The van der Waals surface area contributed by atoms with Gasteiger partial charge in [0.15, 0.2) is 6.10 Å². The van der Waals surface area contributed by atoms with Crippen molar-refractivity contribution >= 4 is 11.8 Å². The molecule has 0 bridgehead atoms. The van der Waals surface area contributed by atoms with Gasteiger partial charge in [0.2, 0.25) is 5.88 Å². The molecule has 1 aromatic rings. The van der Waals surface area contributed by atoms with Crippen molar-refractivity contribution in [2.24, 2.45) is 0 Å². The van der Waals surface area contributed by atoms with Crippen molar-refractivity contribution in [3.05, 3.63) is 12.4 Å². The Bertz CT molecular complexity index is 455. The van der Waals surface area contributed by atoms with Gasteiger partial charge in [-0.3, -0.25) is 0 Å². The second kappa shape index (κ2) is 7.04. The van der Waals surface area contributed by atoms with Gasteiger partial charge < -0.3 is 19.1 Å². The van der Waals surface area contributed by atoms with Crippen LogP contribution in [0.25, 0.3) is 0 Å². The number of hydrogen-bond acceptors (Lipinski definition) is 7. The van der Waals surface area contributed by atoms with E-state index in [0.29, 0.717) is 32.2 Å². The summed E-state index contributed by atoms with van der Waals surface area (Å²) in [6.07, 6.45) is 1.80. The van der Waals surface area contributed by atoms with Crippen LogP contribution in [0.5, 0.6) is 5.88 Å². The highest BCUT2D eigenvalue weighted by Gasteiger charge is 2.28. The van der Waals surface area contributed by atoms with E-state index in [1.54, 1.807) is 6.07 Å². The van der Waals surface area contributed by atoms with Crippen LogP contribution in [0.1, 0.15) is 13.3 Å². The van der Waals surface area contributed by atoms with Crippen molar-refractivity contribution in [2.75, 3.05) is 38.3 Å². The summed E-state index contributed by atoms with van der Waals surface area (Å²) in [6.45, 7) is 4.18. The Morgan fingerprint density at radius 3 is 3.15 bits per heavy atom. The molecule has 1 atom stereocenters. The predicted molar refractivity (Wildman–Crippen MR) is 71.8 cm³/mol. The van der Waals surface area contributed by atoms with Crippen molar-refractivity contribution in [3.8, 4) is 5.88 Å². The molecule has 0 aliphatic carbocycles. The molecule has 0 saturated carbocycles. The molecule has 7 nitrogen and oxygen atoms in total. The molecular formula is C13H19N3O4. The first-order valence-corrected chi connectivity index (χ1v) is 6.63. The molecule has 1 unspecified atom stereocenters. The van der Waals surface area contributed by atoms with Gasteiger partial charge >= 0.3 is 5.97 Å². The summed E-state index contributed by atoms with van der Waals surface area (Å²) in [6, 6.07) is 1.77. The smallest absolute Gasteiger partial charge is 0.336 e. The predicted octanol–water partition coefficient (Wildman–Crippen LogP) is 0.644. The van der Waals surface area contributed by atoms with Gasteiger partial charge in [0.1, 0.15) is 12.1 Å². The molecule has 0 radical (unpaired) electrons. The fraction of sp³-hybridized carbons (Fsp3) is 0.615. The molecule has 0 amide bonds. The van der Waals surface area contributed by atoms with E-state index in [2.05, 4.69) is 9.97 Å². The standard InChI is InChI=1S/C13H19N3O4/c1-3-5-20-12-7-11(14-9-15-12)16-4-6-19-10(8-16)13(17)18-2/h7,9-10H,3-6,8H2,1-2H3. The average molecular weight is 281 g/mol. The van der Waals surface area contributed by atoms with Crippen molar-refractivity contribution < 1.29 is 19.0 Å². The van der Waals surface area contributed by atoms with Gasteiger partial charge in [0.25, 0.3) is 0 Å². The van der Waals surface area contributed by atoms with Crippen LogP contribution in [-0.4, -0.2) is 55.5 Å². The van der Waals surface area contributed by atoms with Crippen LogP contribution in [0.15, 0.2) is 12.4 Å². The van der Waals surface area contributed by atoms with Gasteiger partial charge in [-0.1, -0.05) is 6.92 Å². The number of rotatable bonds is 5. The number of morpholine rings is 1. The maximum absolute atomic E-state index is 11.5. The van der Waals surface area contributed by atoms with Crippen molar-refractivity contribution in [1.82, 2.24) is 9.97 Å². The third-order valence-corrected chi connectivity index (χ3v) is 2.94. The summed E-state index contributed by atoms with van der Waals surface area (Å²) in [7, 11) is 1.35. The van der Waals surface area contributed by atoms with E-state index in [1.807, 2.05) is 11.8 Å². The van der Waals surface area contributed by atoms with E-state index in [9.17, 15) is 4.79 Å². The summed E-state index contributed by atoms with van der Waals surface area (Å²) in [5.41, 5.74) is 0. The number of ether oxygens (including phenoxy) is 3. The zero-order chi connectivity index (χ0) is 14.4. The summed E-state index contributed by atoms with van der Waals surface area (Å²) < 4.78 is 15.6. The minimum atomic E-state index is -0.580. The Morgan fingerprint density at radius 1 is 1.55 bits per heavy atom. The maximum Gasteiger partial charge on any atom is 0.336 e. The first kappa shape index (κ1) is 14.5. The molecular weight excluding hydrogens is 262 g/mol. The van der Waals surface area contributed by atoms with Gasteiger partial charge in [0.05, 0.1) is 26.9 Å². The maximum atomic E-state index is 11.5. The van der Waals surface area contributed by atoms with Gasteiger partial charge in [-0.2, -0.15) is 0 Å². The van der Waals surface area contributed by atoms with E-state index >= 15 is 0 Å². The van der Waals surface area contributed by atoms with E-state index in [1.165, 1.54) is 13.4 Å². The number of hydrogen-bond donors (Lipinski definition) is 0. The van der Waals surface area contributed by atoms with E-state index in [4.69, 9.17) is 14.2 Å². The minimum absolute atomic E-state index is 0.369. The number of carbonyl (C=O) groups excluding carboxylic acids is 1. The molecule has 1 aromatic heterocycles. The lowest BCUT2D eigenvalue weighted by Crippen LogP contribution is -2.46. The molecule has 0 aromatic carbocycles. The van der Waals surface area contributed by atoms with Gasteiger partial charge in [-0.25, -0.2) is 14.8 Å². The Kier molecular flexibility index (Phi) is 5.11. The molecule has 1 saturated heterocycles. The fourth-order valence-corrected chi connectivity index (χ4v) is 1.92. The lowest BCUT2D eigenvalue weighted by Gasteiger charge is -2.32. The Labute approximate surface area is 117 Å². The summed E-state index contributed by atoms with van der Waals surface area (Å²) in [4.78, 5) is 21.8. The van der Waals surface area contributed by atoms with E-state index < -0.39 is 6.10 Å². The summed E-state index contributed by atoms with van der Waals surface area (Å²) in [5.74, 6) is 0.896. The number of methoxy groups -OCH3 is 1. The summed E-state index contributed by atoms with van der Waals surface area (Å²) in [5, 5.41) is 0. The number of carbonyl (C=O) groups is 1. The lowest BCUT2D eigenvalue weighted by molar-refractivity contribution is -0.154. The van der Waals surface area contributed by atoms with Crippen LogP contribution in [-0.2, 0) is 14.3 Å². The third kappa shape index (κ3) is 3.57. The van der Waals surface area contributed by atoms with Crippen LogP contribution in [0.3, 0.4) is 0 Å². The molecule has 110 valence electrons. The lowest BCUT2D eigenvalue weighted by atomic mass is 10.2. The number of aromatic nitrogens is 2. The van der Waals surface area contributed by atoms with Crippen molar-refractivity contribution in [3.63, 3.8) is 0 Å². The largest absolute Gasteiger partial charge is 0.478 e. The van der Waals surface area contributed by atoms with Crippen molar-refractivity contribution in [2.45, 2.75) is 19.4 Å². The monoisotopic (exact) mass is 281 g/mol. The molecule has 0 N–H and O–H groups in total. The average Bonchev–Trinajstić information content (AvgIpc) is 2.52. The van der Waals surface area contributed by atoms with Gasteiger partial charge in [-0.15, -0.1) is 0 Å². The number of esters is 1. The second-order valence-electron chi connectivity index (χ2n) is 4.39. The van der Waals surface area contributed by atoms with Gasteiger partial charge in [-0.05, 0) is 6.42 Å². The van der Waals surface area contributed by atoms with Crippen molar-refractivity contribution in [1.29, 1.82) is 0 Å². The van der Waals surface area contributed by atoms with E-state index in [0.717, 1.165) is 12.2 Å². The molecule has 0 spiro atoms. The van der Waals surface area contributed by atoms with Crippen LogP contribution in [0.2, 0.25) is 0 Å². The highest BCUT2D eigenvalue weighted by molar-refractivity contribution is 5.75. The molecule has 20 heavy (non-hydrogen) atoms. The number of anilines is 1. The highest BCUT2D eigenvalue weighted by Crippen LogP contribution is 2.19. The van der Waals surface area contributed by atoms with Crippen LogP contribution >= 0.6 is 0 Å². The minimum Gasteiger partial charge on any atom is -0.478 e. The molecule has 1 aliphatic rings. The SMILES string of the molecule is CCCOc1cc(N2CCOC(C(=O)OC)C2)ncn1. The molecule has 2 heterocycles. The Hall–Kier alpha value is -1.89. The van der Waals surface area contributed by atoms with E-state index in [-0.39, 0.29) is 5.97 Å². The topological polar surface area (TPSA) is 73.8 Å². The van der Waals surface area contributed by atoms with Gasteiger partial charge in [0, 0.05) is 12.6 Å². The second-order valence-corrected chi connectivity index (χ2v) is 4.39. The molecule has 7 heteroatoms. The molecule has 1 aliphatic heterocycles. The summed E-state index contributed by atoms with van der Waals surface area (Å²) >= 11 is 0. The first-order chi connectivity index (χ1) is 9.74. The van der Waals surface area contributed by atoms with Crippen LogP contribution in [0.4, 0.5) is 5.82 Å². The zero-order valence-corrected chi connectivity index (χ0v) is 11.7. The third-order valence-electron chi connectivity index (χ3n) is 2.94. The molecule has 2 rings (SSSR count). The van der Waals surface area contributed by atoms with Crippen LogP contribution in [0, 0.1) is 0 Å². The number of nitrogens with zero attached hydrogens (tertiary/aromatic N) is 3. The Balaban J connectivity index is 2.04. The Morgan fingerprint density at radius 2 is 2.40 bits per heavy atom. The first-order valence-electron chi connectivity index (χ1n) is 6.63. The normalized spacial score (nSPS) is 18.7. The van der Waals surface area contributed by atoms with Crippen LogP contribution < -0.4 is 9.64 Å². The highest BCUT2D eigenvalue weighted by atomic mass is 16.6. The molecule has 1 fully saturated rings. The quantitative estimate of drug-likeness (QED) is 0.733. The zero-order valence-electron chi connectivity index (χ0n) is 11.7. The fourth-order valence-electron chi connectivity index (χ4n) is 1.92.